The van der Waals surface area contributed by atoms with Crippen molar-refractivity contribution in [2.45, 2.75) is 6.42 Å². The zero-order valence-electron chi connectivity index (χ0n) is 12.6. The number of nitrogens with two attached hydrogens (primary N) is 1. The van der Waals surface area contributed by atoms with Crippen LogP contribution >= 0.6 is 0 Å². The largest absolute Gasteiger partial charge is 0.374 e. The molecule has 2 amide bonds. The first-order chi connectivity index (χ1) is 10.5. The second-order valence-electron chi connectivity index (χ2n) is 5.56. The molecule has 1 aromatic heterocycles. The summed E-state index contributed by atoms with van der Waals surface area (Å²) in [5, 5.41) is 2.86. The third-order valence-corrected chi connectivity index (χ3v) is 3.99. The Hall–Kier alpha value is -2.76. The van der Waals surface area contributed by atoms with Crippen molar-refractivity contribution >= 4 is 23.2 Å². The predicted molar refractivity (Wildman–Crippen MR) is 85.3 cm³/mol. The topological polar surface area (TPSA) is 80.4 Å². The fourth-order valence-corrected chi connectivity index (χ4v) is 2.74. The molecule has 2 aromatic rings. The van der Waals surface area contributed by atoms with Crippen molar-refractivity contribution in [3.63, 3.8) is 0 Å². The number of hydrogen-bond donors (Lipinski definition) is 2. The van der Waals surface area contributed by atoms with Gasteiger partial charge >= 0.3 is 0 Å². The third kappa shape index (κ3) is 2.43. The number of carbonyl (C=O) groups excluding carboxylic acids is 2. The van der Waals surface area contributed by atoms with Crippen LogP contribution in [0.3, 0.4) is 0 Å². The Labute approximate surface area is 128 Å². The molecule has 0 fully saturated rings. The molecule has 1 aliphatic heterocycles. The zero-order valence-corrected chi connectivity index (χ0v) is 12.6. The molecule has 1 aliphatic rings. The van der Waals surface area contributed by atoms with E-state index in [-0.39, 0.29) is 5.91 Å². The van der Waals surface area contributed by atoms with Gasteiger partial charge in [0.15, 0.2) is 0 Å². The number of likely N-dealkylation sites (N-methyl/N-ethyl adjacent to an activating group) is 1. The molecule has 0 atom stereocenters. The smallest absolute Gasteiger partial charge is 0.272 e. The van der Waals surface area contributed by atoms with Crippen molar-refractivity contribution in [3.05, 3.63) is 47.3 Å². The highest BCUT2D eigenvalue weighted by molar-refractivity contribution is 6.05. The van der Waals surface area contributed by atoms with Gasteiger partial charge < -0.3 is 20.5 Å². The number of benzene rings is 1. The molecular formula is C16H18N4O2. The highest BCUT2D eigenvalue weighted by atomic mass is 16.2. The molecule has 6 heteroatoms. The average Bonchev–Trinajstić information content (AvgIpc) is 3.03. The lowest BCUT2D eigenvalue weighted by Crippen LogP contribution is -2.16. The van der Waals surface area contributed by atoms with Gasteiger partial charge in [-0.2, -0.15) is 0 Å². The maximum Gasteiger partial charge on any atom is 0.272 e. The summed E-state index contributed by atoms with van der Waals surface area (Å²) >= 11 is 0. The maximum atomic E-state index is 12.4. The normalized spacial score (nSPS) is 13.1. The number of fused-ring (bicyclic) bond motifs is 1. The number of aryl methyl sites for hydroxylation is 1. The van der Waals surface area contributed by atoms with E-state index in [0.717, 1.165) is 24.3 Å². The summed E-state index contributed by atoms with van der Waals surface area (Å²) in [5.41, 5.74) is 9.11. The van der Waals surface area contributed by atoms with Crippen LogP contribution in [0.25, 0.3) is 0 Å². The molecule has 0 saturated heterocycles. The summed E-state index contributed by atoms with van der Waals surface area (Å²) in [4.78, 5) is 25.7. The van der Waals surface area contributed by atoms with E-state index in [4.69, 9.17) is 5.73 Å². The second kappa shape index (κ2) is 5.22. The number of primary amides is 1. The number of nitrogens with zero attached hydrogens (tertiary/aromatic N) is 2. The maximum absolute atomic E-state index is 12.4. The van der Waals surface area contributed by atoms with E-state index in [0.29, 0.717) is 11.3 Å². The Kier molecular flexibility index (Phi) is 3.36. The van der Waals surface area contributed by atoms with Gasteiger partial charge in [0.1, 0.15) is 5.69 Å². The molecule has 6 nitrogen and oxygen atoms in total. The summed E-state index contributed by atoms with van der Waals surface area (Å²) in [7, 11) is 3.74. The van der Waals surface area contributed by atoms with E-state index < -0.39 is 5.91 Å². The molecule has 0 aliphatic carbocycles. The average molecular weight is 298 g/mol. The fraction of sp³-hybridized carbons (Fsp3) is 0.250. The first-order valence-corrected chi connectivity index (χ1v) is 7.07. The molecule has 22 heavy (non-hydrogen) atoms. The minimum Gasteiger partial charge on any atom is -0.374 e. The van der Waals surface area contributed by atoms with Gasteiger partial charge in [0.05, 0.1) is 5.56 Å². The van der Waals surface area contributed by atoms with Crippen LogP contribution in [0.4, 0.5) is 11.4 Å². The SMILES string of the molecule is CN1CCc2ccc(NC(=O)c3cc(C(N)=O)cn3C)cc21. The van der Waals surface area contributed by atoms with Crippen molar-refractivity contribution in [1.29, 1.82) is 0 Å². The Bertz CT molecular complexity index is 764. The lowest BCUT2D eigenvalue weighted by Gasteiger charge is -2.13. The van der Waals surface area contributed by atoms with E-state index >= 15 is 0 Å². The highest BCUT2D eigenvalue weighted by Gasteiger charge is 2.18. The molecule has 2 heterocycles. The fourth-order valence-electron chi connectivity index (χ4n) is 2.74. The first-order valence-electron chi connectivity index (χ1n) is 7.07. The van der Waals surface area contributed by atoms with Crippen LogP contribution in [0.5, 0.6) is 0 Å². The molecule has 0 saturated carbocycles. The van der Waals surface area contributed by atoms with Crippen molar-refractivity contribution < 1.29 is 9.59 Å². The van der Waals surface area contributed by atoms with E-state index in [1.54, 1.807) is 17.8 Å². The van der Waals surface area contributed by atoms with Gasteiger partial charge in [0.2, 0.25) is 5.91 Å². The summed E-state index contributed by atoms with van der Waals surface area (Å²) < 4.78 is 1.59. The summed E-state index contributed by atoms with van der Waals surface area (Å²) in [6.07, 6.45) is 2.58. The molecule has 0 radical (unpaired) electrons. The second-order valence-corrected chi connectivity index (χ2v) is 5.56. The van der Waals surface area contributed by atoms with Crippen molar-refractivity contribution in [2.75, 3.05) is 23.8 Å². The quantitative estimate of drug-likeness (QED) is 0.898. The summed E-state index contributed by atoms with van der Waals surface area (Å²) in [5.74, 6) is -0.815. The molecule has 0 bridgehead atoms. The molecule has 3 N–H and O–H groups in total. The Morgan fingerprint density at radius 2 is 2.00 bits per heavy atom. The first kappa shape index (κ1) is 14.2. The summed E-state index contributed by atoms with van der Waals surface area (Å²) in [6, 6.07) is 7.40. The van der Waals surface area contributed by atoms with Crippen LogP contribution in [0.15, 0.2) is 30.5 Å². The van der Waals surface area contributed by atoms with E-state index in [2.05, 4.69) is 10.2 Å². The van der Waals surface area contributed by atoms with Gasteiger partial charge in [-0.1, -0.05) is 6.07 Å². The molecule has 114 valence electrons. The minimum atomic E-state index is -0.547. The van der Waals surface area contributed by atoms with Gasteiger partial charge in [-0.05, 0) is 30.2 Å². The molecule has 3 rings (SSSR count). The van der Waals surface area contributed by atoms with Crippen LogP contribution in [0, 0.1) is 0 Å². The van der Waals surface area contributed by atoms with Gasteiger partial charge in [0, 0.05) is 38.2 Å². The van der Waals surface area contributed by atoms with Gasteiger partial charge in [-0.25, -0.2) is 0 Å². The van der Waals surface area contributed by atoms with Crippen LogP contribution in [0.2, 0.25) is 0 Å². The number of hydrogen-bond acceptors (Lipinski definition) is 3. The number of aromatic nitrogens is 1. The monoisotopic (exact) mass is 298 g/mol. The lowest BCUT2D eigenvalue weighted by molar-refractivity contribution is 0.0998. The number of amides is 2. The van der Waals surface area contributed by atoms with Crippen molar-refractivity contribution in [2.24, 2.45) is 12.8 Å². The van der Waals surface area contributed by atoms with Crippen molar-refractivity contribution in [1.82, 2.24) is 4.57 Å². The van der Waals surface area contributed by atoms with E-state index in [1.807, 2.05) is 25.2 Å². The third-order valence-electron chi connectivity index (χ3n) is 3.99. The van der Waals surface area contributed by atoms with Crippen LogP contribution < -0.4 is 16.0 Å². The van der Waals surface area contributed by atoms with Crippen LogP contribution in [0.1, 0.15) is 26.4 Å². The van der Waals surface area contributed by atoms with Crippen LogP contribution in [-0.4, -0.2) is 30.0 Å². The molecular weight excluding hydrogens is 280 g/mol. The number of carbonyl (C=O) groups is 2. The molecule has 0 spiro atoms. The molecule has 0 unspecified atom stereocenters. The van der Waals surface area contributed by atoms with Gasteiger partial charge in [0.25, 0.3) is 5.91 Å². The number of nitrogens with one attached hydrogen (secondary N) is 1. The minimum absolute atomic E-state index is 0.268. The number of anilines is 2. The lowest BCUT2D eigenvalue weighted by atomic mass is 10.1. The van der Waals surface area contributed by atoms with E-state index in [1.165, 1.54) is 11.6 Å². The summed E-state index contributed by atoms with van der Waals surface area (Å²) in [6.45, 7) is 0.993. The predicted octanol–water partition coefficient (Wildman–Crippen LogP) is 1.37. The Morgan fingerprint density at radius 3 is 2.68 bits per heavy atom. The van der Waals surface area contributed by atoms with Crippen molar-refractivity contribution in [3.8, 4) is 0 Å². The van der Waals surface area contributed by atoms with Gasteiger partial charge in [-0.3, -0.25) is 9.59 Å². The molecule has 1 aromatic carbocycles. The van der Waals surface area contributed by atoms with E-state index in [9.17, 15) is 9.59 Å². The Balaban J connectivity index is 1.83. The standard InChI is InChI=1S/C16H18N4O2/c1-19-6-5-10-3-4-12(8-13(10)19)18-16(22)14-7-11(15(17)21)9-20(14)2/h3-4,7-9H,5-6H2,1-2H3,(H2,17,21)(H,18,22). The number of rotatable bonds is 3. The van der Waals surface area contributed by atoms with Gasteiger partial charge in [-0.15, -0.1) is 0 Å². The van der Waals surface area contributed by atoms with Crippen LogP contribution in [-0.2, 0) is 13.5 Å². The Morgan fingerprint density at radius 1 is 1.23 bits per heavy atom. The highest BCUT2D eigenvalue weighted by Crippen LogP contribution is 2.29. The zero-order chi connectivity index (χ0) is 15.9.